The van der Waals surface area contributed by atoms with Crippen LogP contribution in [0.5, 0.6) is 5.75 Å². The number of amides is 2. The van der Waals surface area contributed by atoms with Gasteiger partial charge in [-0.05, 0) is 37.1 Å². The van der Waals surface area contributed by atoms with Crippen LogP contribution in [0.25, 0.3) is 0 Å². The van der Waals surface area contributed by atoms with E-state index in [0.29, 0.717) is 13.2 Å². The lowest BCUT2D eigenvalue weighted by Gasteiger charge is -2.15. The van der Waals surface area contributed by atoms with Crippen molar-refractivity contribution in [1.29, 1.82) is 0 Å². The zero-order chi connectivity index (χ0) is 15.8. The average molecular weight is 298 g/mol. The van der Waals surface area contributed by atoms with Crippen LogP contribution in [-0.4, -0.2) is 19.2 Å². The van der Waals surface area contributed by atoms with Gasteiger partial charge in [0, 0.05) is 0 Å². The third-order valence-corrected chi connectivity index (χ3v) is 3.29. The number of hydrogen-bond donors (Lipinski definition) is 2. The van der Waals surface area contributed by atoms with Crippen LogP contribution < -0.4 is 15.4 Å². The summed E-state index contributed by atoms with van der Waals surface area (Å²) in [5, 5.41) is 5.69. The minimum absolute atomic E-state index is 0.0288. The summed E-state index contributed by atoms with van der Waals surface area (Å²) in [5.74, 6) is 0.819. The summed E-state index contributed by atoms with van der Waals surface area (Å²) in [7, 11) is 0. The molecule has 0 bridgehead atoms. The summed E-state index contributed by atoms with van der Waals surface area (Å²) in [4.78, 5) is 11.8. The Balaban J connectivity index is 1.68. The lowest BCUT2D eigenvalue weighted by Crippen LogP contribution is -2.38. The molecule has 2 rings (SSSR count). The molecule has 1 unspecified atom stereocenters. The molecule has 0 aromatic heterocycles. The first-order valence-electron chi connectivity index (χ1n) is 7.44. The van der Waals surface area contributed by atoms with Gasteiger partial charge in [0.15, 0.2) is 0 Å². The molecule has 0 saturated heterocycles. The van der Waals surface area contributed by atoms with Gasteiger partial charge in [0.05, 0.1) is 12.6 Å². The van der Waals surface area contributed by atoms with Crippen molar-refractivity contribution in [3.63, 3.8) is 0 Å². The Kier molecular flexibility index (Phi) is 5.83. The van der Waals surface area contributed by atoms with Gasteiger partial charge in [0.2, 0.25) is 0 Å². The molecule has 2 amide bonds. The number of urea groups is 1. The monoisotopic (exact) mass is 298 g/mol. The number of aryl methyl sites for hydroxylation is 1. The van der Waals surface area contributed by atoms with E-state index < -0.39 is 0 Å². The standard InChI is InChI=1S/C18H22N2O2/c1-14-7-6-10-17(13-14)22-12-11-19-18(21)20-15(2)16-8-4-3-5-9-16/h3-10,13,15H,11-12H2,1-2H3,(H2,19,20,21). The molecule has 0 saturated carbocycles. The summed E-state index contributed by atoms with van der Waals surface area (Å²) in [6, 6.07) is 17.5. The summed E-state index contributed by atoms with van der Waals surface area (Å²) in [5.41, 5.74) is 2.23. The number of nitrogens with one attached hydrogen (secondary N) is 2. The molecule has 2 aromatic carbocycles. The van der Waals surface area contributed by atoms with E-state index in [9.17, 15) is 4.79 Å². The molecule has 0 aliphatic carbocycles. The minimum atomic E-state index is -0.191. The van der Waals surface area contributed by atoms with Gasteiger partial charge >= 0.3 is 6.03 Å². The maximum atomic E-state index is 11.8. The topological polar surface area (TPSA) is 50.4 Å². The highest BCUT2D eigenvalue weighted by Crippen LogP contribution is 2.12. The molecular weight excluding hydrogens is 276 g/mol. The minimum Gasteiger partial charge on any atom is -0.492 e. The van der Waals surface area contributed by atoms with E-state index in [1.165, 1.54) is 0 Å². The zero-order valence-electron chi connectivity index (χ0n) is 13.0. The molecular formula is C18H22N2O2. The first-order chi connectivity index (χ1) is 10.6. The first-order valence-corrected chi connectivity index (χ1v) is 7.44. The number of hydrogen-bond acceptors (Lipinski definition) is 2. The van der Waals surface area contributed by atoms with E-state index in [-0.39, 0.29) is 12.1 Å². The molecule has 2 N–H and O–H groups in total. The number of carbonyl (C=O) groups excluding carboxylic acids is 1. The van der Waals surface area contributed by atoms with Crippen LogP contribution >= 0.6 is 0 Å². The smallest absolute Gasteiger partial charge is 0.315 e. The second kappa shape index (κ2) is 8.08. The molecule has 0 aliphatic heterocycles. The molecule has 116 valence electrons. The van der Waals surface area contributed by atoms with E-state index in [1.807, 2.05) is 68.4 Å². The van der Waals surface area contributed by atoms with Gasteiger partial charge in [-0.2, -0.15) is 0 Å². The van der Waals surface area contributed by atoms with E-state index in [4.69, 9.17) is 4.74 Å². The molecule has 1 atom stereocenters. The van der Waals surface area contributed by atoms with Crippen molar-refractivity contribution in [1.82, 2.24) is 10.6 Å². The van der Waals surface area contributed by atoms with Gasteiger partial charge in [0.1, 0.15) is 12.4 Å². The average Bonchev–Trinajstić information content (AvgIpc) is 2.52. The Hall–Kier alpha value is -2.49. The fourth-order valence-corrected chi connectivity index (χ4v) is 2.11. The second-order valence-electron chi connectivity index (χ2n) is 5.20. The van der Waals surface area contributed by atoms with Crippen LogP contribution in [0.1, 0.15) is 24.1 Å². The van der Waals surface area contributed by atoms with Crippen molar-refractivity contribution in [2.45, 2.75) is 19.9 Å². The molecule has 0 fully saturated rings. The van der Waals surface area contributed by atoms with Crippen molar-refractivity contribution in [3.8, 4) is 5.75 Å². The van der Waals surface area contributed by atoms with Crippen LogP contribution in [0, 0.1) is 6.92 Å². The van der Waals surface area contributed by atoms with Gasteiger partial charge in [-0.25, -0.2) is 4.79 Å². The molecule has 0 heterocycles. The maximum Gasteiger partial charge on any atom is 0.315 e. The number of ether oxygens (including phenoxy) is 1. The van der Waals surface area contributed by atoms with Crippen molar-refractivity contribution < 1.29 is 9.53 Å². The van der Waals surface area contributed by atoms with E-state index in [2.05, 4.69) is 10.6 Å². The highest BCUT2D eigenvalue weighted by molar-refractivity contribution is 5.74. The molecule has 4 nitrogen and oxygen atoms in total. The van der Waals surface area contributed by atoms with Crippen LogP contribution in [0.3, 0.4) is 0 Å². The summed E-state index contributed by atoms with van der Waals surface area (Å²) in [6.07, 6.45) is 0. The fraction of sp³-hybridized carbons (Fsp3) is 0.278. The van der Waals surface area contributed by atoms with E-state index in [1.54, 1.807) is 0 Å². The third kappa shape index (κ3) is 5.13. The van der Waals surface area contributed by atoms with Crippen LogP contribution in [0.15, 0.2) is 54.6 Å². The first kappa shape index (κ1) is 15.9. The Morgan fingerprint density at radius 3 is 2.64 bits per heavy atom. The molecule has 0 aliphatic rings. The number of carbonyl (C=O) groups is 1. The predicted molar refractivity (Wildman–Crippen MR) is 88.1 cm³/mol. The SMILES string of the molecule is Cc1cccc(OCCNC(=O)NC(C)c2ccccc2)c1. The Bertz CT molecular complexity index is 599. The van der Waals surface area contributed by atoms with E-state index >= 15 is 0 Å². The van der Waals surface area contributed by atoms with Crippen molar-refractivity contribution in [3.05, 3.63) is 65.7 Å². The lowest BCUT2D eigenvalue weighted by molar-refractivity contribution is 0.233. The lowest BCUT2D eigenvalue weighted by atomic mass is 10.1. The largest absolute Gasteiger partial charge is 0.492 e. The van der Waals surface area contributed by atoms with Gasteiger partial charge < -0.3 is 15.4 Å². The Labute approximate surface area is 131 Å². The Morgan fingerprint density at radius 2 is 1.91 bits per heavy atom. The second-order valence-corrected chi connectivity index (χ2v) is 5.20. The molecule has 0 radical (unpaired) electrons. The van der Waals surface area contributed by atoms with Crippen molar-refractivity contribution in [2.24, 2.45) is 0 Å². The maximum absolute atomic E-state index is 11.8. The highest BCUT2D eigenvalue weighted by atomic mass is 16.5. The number of benzene rings is 2. The van der Waals surface area contributed by atoms with Gasteiger partial charge in [-0.1, -0.05) is 42.5 Å². The summed E-state index contributed by atoms with van der Waals surface area (Å²) in [6.45, 7) is 4.87. The molecule has 22 heavy (non-hydrogen) atoms. The fourth-order valence-electron chi connectivity index (χ4n) is 2.11. The van der Waals surface area contributed by atoms with Crippen LogP contribution in [0.4, 0.5) is 4.79 Å². The highest BCUT2D eigenvalue weighted by Gasteiger charge is 2.08. The summed E-state index contributed by atoms with van der Waals surface area (Å²) >= 11 is 0. The Morgan fingerprint density at radius 1 is 1.14 bits per heavy atom. The summed E-state index contributed by atoms with van der Waals surface area (Å²) < 4.78 is 5.58. The van der Waals surface area contributed by atoms with Crippen molar-refractivity contribution in [2.75, 3.05) is 13.2 Å². The van der Waals surface area contributed by atoms with Crippen molar-refractivity contribution >= 4 is 6.03 Å². The van der Waals surface area contributed by atoms with Crippen LogP contribution in [0.2, 0.25) is 0 Å². The van der Waals surface area contributed by atoms with Crippen LogP contribution in [-0.2, 0) is 0 Å². The quantitative estimate of drug-likeness (QED) is 0.803. The normalized spacial score (nSPS) is 11.5. The van der Waals surface area contributed by atoms with Gasteiger partial charge in [0.25, 0.3) is 0 Å². The van der Waals surface area contributed by atoms with Gasteiger partial charge in [-0.15, -0.1) is 0 Å². The molecule has 4 heteroatoms. The van der Waals surface area contributed by atoms with E-state index in [0.717, 1.165) is 16.9 Å². The third-order valence-electron chi connectivity index (χ3n) is 3.29. The molecule has 0 spiro atoms. The predicted octanol–water partition coefficient (Wildman–Crippen LogP) is 3.43. The van der Waals surface area contributed by atoms with Gasteiger partial charge in [-0.3, -0.25) is 0 Å². The molecule has 2 aromatic rings. The number of rotatable bonds is 6. The zero-order valence-corrected chi connectivity index (χ0v) is 13.0.